The molecule has 21 heavy (non-hydrogen) atoms. The fourth-order valence-corrected chi connectivity index (χ4v) is 5.32. The second-order valence-corrected chi connectivity index (χ2v) is 7.96. The predicted octanol–water partition coefficient (Wildman–Crippen LogP) is 5.62. The van der Waals surface area contributed by atoms with Gasteiger partial charge in [0.1, 0.15) is 0 Å². The van der Waals surface area contributed by atoms with Crippen molar-refractivity contribution in [3.63, 3.8) is 0 Å². The van der Waals surface area contributed by atoms with Crippen LogP contribution in [0, 0.1) is 11.8 Å². The zero-order chi connectivity index (χ0) is 14.4. The van der Waals surface area contributed by atoms with Crippen molar-refractivity contribution >= 4 is 27.5 Å². The Morgan fingerprint density at radius 2 is 1.86 bits per heavy atom. The Labute approximate surface area is 139 Å². The van der Waals surface area contributed by atoms with Gasteiger partial charge >= 0.3 is 0 Å². The van der Waals surface area contributed by atoms with Gasteiger partial charge in [-0.1, -0.05) is 63.9 Å². The summed E-state index contributed by atoms with van der Waals surface area (Å²) in [6.45, 7) is 0. The van der Waals surface area contributed by atoms with Crippen LogP contribution >= 0.6 is 27.5 Å². The van der Waals surface area contributed by atoms with Crippen molar-refractivity contribution in [2.75, 3.05) is 0 Å². The first-order valence-corrected chi connectivity index (χ1v) is 9.00. The van der Waals surface area contributed by atoms with Crippen LogP contribution in [0.3, 0.4) is 0 Å². The van der Waals surface area contributed by atoms with Gasteiger partial charge in [0.2, 0.25) is 0 Å². The van der Waals surface area contributed by atoms with Gasteiger partial charge < -0.3 is 0 Å². The Balaban J connectivity index is 1.50. The molecule has 0 nitrogen and oxygen atoms in total. The molecular weight excluding hydrogens is 344 g/mol. The Bertz CT molecular complexity index is 649. The fraction of sp³-hybridized carbons (Fsp3) is 0.368. The summed E-state index contributed by atoms with van der Waals surface area (Å²) in [5.41, 5.74) is 4.56. The minimum absolute atomic E-state index is 0.569. The van der Waals surface area contributed by atoms with Crippen LogP contribution in [0.5, 0.6) is 0 Å². The first-order chi connectivity index (χ1) is 10.2. The van der Waals surface area contributed by atoms with Crippen molar-refractivity contribution in [1.82, 2.24) is 0 Å². The molecule has 4 atom stereocenters. The number of halogens is 2. The molecule has 0 N–H and O–H groups in total. The van der Waals surface area contributed by atoms with Gasteiger partial charge in [-0.25, -0.2) is 0 Å². The van der Waals surface area contributed by atoms with Crippen LogP contribution in [0.25, 0.3) is 0 Å². The smallest absolute Gasteiger partial charge is 0.0406 e. The maximum absolute atomic E-state index is 5.97. The summed E-state index contributed by atoms with van der Waals surface area (Å²) in [7, 11) is 0. The van der Waals surface area contributed by atoms with Crippen LogP contribution in [0.15, 0.2) is 48.5 Å². The summed E-state index contributed by atoms with van der Waals surface area (Å²) in [6, 6.07) is 17.3. The highest BCUT2D eigenvalue weighted by molar-refractivity contribution is 9.09. The number of aryl methyl sites for hydroxylation is 1. The van der Waals surface area contributed by atoms with E-state index >= 15 is 0 Å². The Hall–Kier alpha value is -0.790. The standard InChI is InChI=1S/C19H18BrCl/c20-17(11-12-5-8-14(21)9-6-12)19-16-10-7-13-3-1-2-4-15(13)18(16)19/h1-6,8-9,16-19H,7,10-11H2. The molecule has 0 heterocycles. The van der Waals surface area contributed by atoms with Gasteiger partial charge in [-0.15, -0.1) is 0 Å². The van der Waals surface area contributed by atoms with E-state index < -0.39 is 0 Å². The summed E-state index contributed by atoms with van der Waals surface area (Å²) in [5, 5.41) is 0.818. The molecule has 2 aromatic carbocycles. The summed E-state index contributed by atoms with van der Waals surface area (Å²) in [5.74, 6) is 2.47. The van der Waals surface area contributed by atoms with Crippen molar-refractivity contribution in [3.8, 4) is 0 Å². The van der Waals surface area contributed by atoms with Gasteiger partial charge in [-0.3, -0.25) is 0 Å². The predicted molar refractivity (Wildman–Crippen MR) is 92.4 cm³/mol. The summed E-state index contributed by atoms with van der Waals surface area (Å²) in [4.78, 5) is 0.569. The molecule has 2 aliphatic carbocycles. The number of fused-ring (bicyclic) bond motifs is 3. The van der Waals surface area contributed by atoms with Crippen molar-refractivity contribution in [2.24, 2.45) is 11.8 Å². The number of hydrogen-bond donors (Lipinski definition) is 0. The molecule has 1 fully saturated rings. The molecule has 0 bridgehead atoms. The topological polar surface area (TPSA) is 0 Å². The van der Waals surface area contributed by atoms with E-state index in [1.165, 1.54) is 18.4 Å². The largest absolute Gasteiger partial charge is 0.0884 e. The zero-order valence-electron chi connectivity index (χ0n) is 11.8. The van der Waals surface area contributed by atoms with Gasteiger partial charge in [0, 0.05) is 9.85 Å². The molecule has 0 aliphatic heterocycles. The van der Waals surface area contributed by atoms with Gasteiger partial charge in [-0.05, 0) is 65.8 Å². The van der Waals surface area contributed by atoms with Crippen molar-refractivity contribution in [2.45, 2.75) is 30.0 Å². The van der Waals surface area contributed by atoms with Crippen LogP contribution in [0.1, 0.15) is 29.0 Å². The minimum atomic E-state index is 0.569. The maximum Gasteiger partial charge on any atom is 0.0406 e. The fourth-order valence-electron chi connectivity index (χ4n) is 4.09. The van der Waals surface area contributed by atoms with Gasteiger partial charge in [-0.2, -0.15) is 0 Å². The average molecular weight is 362 g/mol. The van der Waals surface area contributed by atoms with Crippen LogP contribution in [-0.2, 0) is 12.8 Å². The van der Waals surface area contributed by atoms with E-state index in [0.717, 1.165) is 29.2 Å². The molecule has 2 aromatic rings. The number of hydrogen-bond acceptors (Lipinski definition) is 0. The second-order valence-electron chi connectivity index (χ2n) is 6.35. The SMILES string of the molecule is Clc1ccc(CC(Br)C2C3CCc4ccccc4C32)cc1. The highest BCUT2D eigenvalue weighted by Gasteiger charge is 2.55. The molecule has 2 aliphatic rings. The zero-order valence-corrected chi connectivity index (χ0v) is 14.1. The highest BCUT2D eigenvalue weighted by Crippen LogP contribution is 2.62. The Morgan fingerprint density at radius 1 is 1.10 bits per heavy atom. The molecule has 0 aromatic heterocycles. The lowest BCUT2D eigenvalue weighted by Crippen LogP contribution is -2.07. The quantitative estimate of drug-likeness (QED) is 0.622. The third-order valence-corrected chi connectivity index (χ3v) is 6.34. The first-order valence-electron chi connectivity index (χ1n) is 7.70. The van der Waals surface area contributed by atoms with Crippen LogP contribution in [0.2, 0.25) is 5.02 Å². The first kappa shape index (κ1) is 13.8. The normalized spacial score (nSPS) is 27.6. The monoisotopic (exact) mass is 360 g/mol. The summed E-state index contributed by atoms with van der Waals surface area (Å²) < 4.78 is 0. The number of rotatable bonds is 3. The number of benzene rings is 2. The third kappa shape index (κ3) is 2.55. The van der Waals surface area contributed by atoms with Crippen LogP contribution in [-0.4, -0.2) is 4.83 Å². The van der Waals surface area contributed by atoms with Crippen molar-refractivity contribution < 1.29 is 0 Å². The van der Waals surface area contributed by atoms with Crippen molar-refractivity contribution in [3.05, 3.63) is 70.2 Å². The van der Waals surface area contributed by atoms with E-state index in [9.17, 15) is 0 Å². The number of alkyl halides is 1. The van der Waals surface area contributed by atoms with Gasteiger partial charge in [0.25, 0.3) is 0 Å². The van der Waals surface area contributed by atoms with E-state index in [4.69, 9.17) is 11.6 Å². The second kappa shape index (κ2) is 5.44. The summed E-state index contributed by atoms with van der Waals surface area (Å²) >= 11 is 9.94. The molecule has 4 unspecified atom stereocenters. The third-order valence-electron chi connectivity index (χ3n) is 5.15. The lowest BCUT2D eigenvalue weighted by atomic mass is 9.92. The van der Waals surface area contributed by atoms with E-state index in [-0.39, 0.29) is 0 Å². The highest BCUT2D eigenvalue weighted by atomic mass is 79.9. The molecule has 108 valence electrons. The summed E-state index contributed by atoms with van der Waals surface area (Å²) in [6.07, 6.45) is 3.71. The Kier molecular flexibility index (Phi) is 3.59. The molecule has 0 radical (unpaired) electrons. The van der Waals surface area contributed by atoms with Gasteiger partial charge in [0.15, 0.2) is 0 Å². The van der Waals surface area contributed by atoms with E-state index in [1.54, 1.807) is 11.1 Å². The van der Waals surface area contributed by atoms with Crippen LogP contribution < -0.4 is 0 Å². The van der Waals surface area contributed by atoms with Crippen molar-refractivity contribution in [1.29, 1.82) is 0 Å². The lowest BCUT2D eigenvalue weighted by Gasteiger charge is -2.13. The maximum atomic E-state index is 5.97. The average Bonchev–Trinajstić information content (AvgIpc) is 3.25. The molecule has 1 saturated carbocycles. The molecule has 0 amide bonds. The molecular formula is C19H18BrCl. The molecule has 0 saturated heterocycles. The molecule has 0 spiro atoms. The Morgan fingerprint density at radius 3 is 2.67 bits per heavy atom. The molecule has 4 rings (SSSR count). The minimum Gasteiger partial charge on any atom is -0.0884 e. The van der Waals surface area contributed by atoms with Gasteiger partial charge in [0.05, 0.1) is 0 Å². The molecule has 2 heteroatoms. The van der Waals surface area contributed by atoms with E-state index in [2.05, 4.69) is 52.3 Å². The van der Waals surface area contributed by atoms with E-state index in [0.29, 0.717) is 4.83 Å². The lowest BCUT2D eigenvalue weighted by molar-refractivity contribution is 0.617. The van der Waals surface area contributed by atoms with Crippen LogP contribution in [0.4, 0.5) is 0 Å². The van der Waals surface area contributed by atoms with E-state index in [1.807, 2.05) is 12.1 Å².